The molecule has 0 aromatic heterocycles. The zero-order chi connectivity index (χ0) is 24.9. The summed E-state index contributed by atoms with van der Waals surface area (Å²) in [5, 5.41) is 13.5. The minimum atomic E-state index is -0.711. The molecule has 2 aliphatic rings. The summed E-state index contributed by atoms with van der Waals surface area (Å²) in [6, 6.07) is 13.7. The van der Waals surface area contributed by atoms with Gasteiger partial charge in [0.2, 0.25) is 5.78 Å². The van der Waals surface area contributed by atoms with Crippen molar-refractivity contribution in [2.45, 2.75) is 39.3 Å². The third-order valence-electron chi connectivity index (χ3n) is 6.54. The van der Waals surface area contributed by atoms with Gasteiger partial charge in [-0.05, 0) is 44.0 Å². The minimum absolute atomic E-state index is 0.0232. The van der Waals surface area contributed by atoms with Crippen LogP contribution in [-0.4, -0.2) is 62.1 Å². The zero-order valence-electron chi connectivity index (χ0n) is 20.7. The number of nitrogens with zero attached hydrogens (tertiary/aromatic N) is 1. The van der Waals surface area contributed by atoms with Gasteiger partial charge >= 0.3 is 0 Å². The zero-order valence-corrected chi connectivity index (χ0v) is 20.7. The van der Waals surface area contributed by atoms with Crippen LogP contribution in [0, 0.1) is 6.92 Å². The average molecular weight is 479 g/mol. The molecule has 1 atom stereocenters. The van der Waals surface area contributed by atoms with Gasteiger partial charge in [0, 0.05) is 18.5 Å². The summed E-state index contributed by atoms with van der Waals surface area (Å²) in [5.41, 5.74) is 2.19. The number of Topliss-reactive ketones (excluding diaryl/α,β-unsaturated/α-hetero) is 1. The van der Waals surface area contributed by atoms with E-state index in [0.29, 0.717) is 17.9 Å². The van der Waals surface area contributed by atoms with Gasteiger partial charge in [0.15, 0.2) is 0 Å². The van der Waals surface area contributed by atoms with Gasteiger partial charge in [-0.2, -0.15) is 0 Å². The maximum absolute atomic E-state index is 13.5. The lowest BCUT2D eigenvalue weighted by Crippen LogP contribution is -3.14. The van der Waals surface area contributed by atoms with Crippen molar-refractivity contribution in [3.63, 3.8) is 0 Å². The number of ether oxygens (including phenoxy) is 2. The lowest BCUT2D eigenvalue weighted by molar-refractivity contribution is -0.908. The highest BCUT2D eigenvalue weighted by Crippen LogP contribution is 2.39. The SMILES string of the molecule is Cc1ccc(/C([O-])=C2\C(=O)C(=O)N(CCC[NH+]3CCOCC3)C2c2ccc(OC(C)C)cc2)cc1. The molecule has 2 saturated heterocycles. The number of hydrogen-bond acceptors (Lipinski definition) is 5. The molecule has 186 valence electrons. The van der Waals surface area contributed by atoms with Crippen molar-refractivity contribution in [3.05, 3.63) is 70.8 Å². The summed E-state index contributed by atoms with van der Waals surface area (Å²) in [6.07, 6.45) is 0.769. The number of carbonyl (C=O) groups excluding carboxylic acids is 2. The largest absolute Gasteiger partial charge is 0.872 e. The van der Waals surface area contributed by atoms with Crippen LogP contribution in [0.15, 0.2) is 54.1 Å². The number of hydrogen-bond donors (Lipinski definition) is 1. The number of quaternary nitrogens is 1. The summed E-state index contributed by atoms with van der Waals surface area (Å²) >= 11 is 0. The first-order valence-corrected chi connectivity index (χ1v) is 12.4. The standard InChI is InChI=1S/C28H34N2O5/c1-19(2)35-23-11-9-21(10-12-23)25-24(26(31)22-7-5-20(3)6-8-22)27(32)28(33)30(25)14-4-13-29-15-17-34-18-16-29/h5-12,19,25,31H,4,13-18H2,1-3H3/b26-24+. The second-order valence-corrected chi connectivity index (χ2v) is 9.54. The fourth-order valence-electron chi connectivity index (χ4n) is 4.72. The molecule has 7 heteroatoms. The van der Waals surface area contributed by atoms with Crippen molar-refractivity contribution in [3.8, 4) is 5.75 Å². The van der Waals surface area contributed by atoms with Crippen molar-refractivity contribution < 1.29 is 29.1 Å². The number of nitrogens with one attached hydrogen (secondary N) is 1. The Morgan fingerprint density at radius 2 is 1.74 bits per heavy atom. The van der Waals surface area contributed by atoms with E-state index in [4.69, 9.17) is 9.47 Å². The molecule has 0 radical (unpaired) electrons. The normalized spacial score (nSPS) is 20.6. The molecular weight excluding hydrogens is 444 g/mol. The number of aryl methyl sites for hydroxylation is 1. The summed E-state index contributed by atoms with van der Waals surface area (Å²) in [6.45, 7) is 10.5. The fourth-order valence-corrected chi connectivity index (χ4v) is 4.72. The Morgan fingerprint density at radius 3 is 2.37 bits per heavy atom. The van der Waals surface area contributed by atoms with Crippen LogP contribution in [0.4, 0.5) is 0 Å². The lowest BCUT2D eigenvalue weighted by atomic mass is 9.95. The molecule has 2 fully saturated rings. The molecule has 2 aliphatic heterocycles. The Hall–Kier alpha value is -3.16. The summed E-state index contributed by atoms with van der Waals surface area (Å²) in [5.74, 6) is -1.00. The Bertz CT molecular complexity index is 1070. The number of morpholine rings is 1. The molecule has 0 bridgehead atoms. The molecule has 1 amide bonds. The van der Waals surface area contributed by atoms with Gasteiger partial charge in [0.25, 0.3) is 5.91 Å². The number of ketones is 1. The van der Waals surface area contributed by atoms with Crippen molar-refractivity contribution in [1.82, 2.24) is 4.90 Å². The third kappa shape index (κ3) is 5.74. The topological polar surface area (TPSA) is 83.3 Å². The summed E-state index contributed by atoms with van der Waals surface area (Å²) in [7, 11) is 0. The molecule has 0 aliphatic carbocycles. The van der Waals surface area contributed by atoms with Gasteiger partial charge in [0.05, 0.1) is 31.9 Å². The average Bonchev–Trinajstić information content (AvgIpc) is 3.10. The van der Waals surface area contributed by atoms with Crippen molar-refractivity contribution in [2.24, 2.45) is 0 Å². The van der Waals surface area contributed by atoms with Gasteiger partial charge in [0.1, 0.15) is 18.8 Å². The molecule has 35 heavy (non-hydrogen) atoms. The predicted molar refractivity (Wildman–Crippen MR) is 131 cm³/mol. The highest BCUT2D eigenvalue weighted by atomic mass is 16.5. The fraction of sp³-hybridized carbons (Fsp3) is 0.429. The number of amides is 1. The van der Waals surface area contributed by atoms with Crippen LogP contribution >= 0.6 is 0 Å². The van der Waals surface area contributed by atoms with E-state index >= 15 is 0 Å². The molecule has 1 N–H and O–H groups in total. The number of benzene rings is 2. The van der Waals surface area contributed by atoms with Gasteiger partial charge < -0.3 is 24.4 Å². The van der Waals surface area contributed by atoms with E-state index in [2.05, 4.69) is 0 Å². The third-order valence-corrected chi connectivity index (χ3v) is 6.54. The van der Waals surface area contributed by atoms with Crippen LogP contribution in [0.3, 0.4) is 0 Å². The van der Waals surface area contributed by atoms with E-state index < -0.39 is 23.5 Å². The highest BCUT2D eigenvalue weighted by Gasteiger charge is 2.44. The highest BCUT2D eigenvalue weighted by molar-refractivity contribution is 6.46. The molecule has 7 nitrogen and oxygen atoms in total. The predicted octanol–water partition coefficient (Wildman–Crippen LogP) is 1.31. The maximum Gasteiger partial charge on any atom is 0.295 e. The first-order chi connectivity index (χ1) is 16.8. The molecule has 2 heterocycles. The van der Waals surface area contributed by atoms with Crippen molar-refractivity contribution >= 4 is 17.4 Å². The van der Waals surface area contributed by atoms with Gasteiger partial charge in [-0.25, -0.2) is 0 Å². The number of carbonyl (C=O) groups is 2. The van der Waals surface area contributed by atoms with E-state index in [-0.39, 0.29) is 11.7 Å². The lowest BCUT2D eigenvalue weighted by Gasteiger charge is -2.29. The molecule has 2 aromatic rings. The van der Waals surface area contributed by atoms with Crippen LogP contribution < -0.4 is 14.7 Å². The smallest absolute Gasteiger partial charge is 0.295 e. The molecular formula is C28H34N2O5. The quantitative estimate of drug-likeness (QED) is 0.352. The molecule has 1 unspecified atom stereocenters. The van der Waals surface area contributed by atoms with Crippen LogP contribution in [0.2, 0.25) is 0 Å². The van der Waals surface area contributed by atoms with E-state index in [1.165, 1.54) is 4.90 Å². The Kier molecular flexibility index (Phi) is 7.88. The molecule has 2 aromatic carbocycles. The minimum Gasteiger partial charge on any atom is -0.872 e. The Labute approximate surface area is 206 Å². The first kappa shape index (κ1) is 24.9. The van der Waals surface area contributed by atoms with E-state index in [0.717, 1.165) is 50.4 Å². The number of likely N-dealkylation sites (tertiary alicyclic amines) is 1. The monoisotopic (exact) mass is 478 g/mol. The second kappa shape index (κ2) is 11.1. The Balaban J connectivity index is 1.66. The van der Waals surface area contributed by atoms with Gasteiger partial charge in [-0.15, -0.1) is 0 Å². The van der Waals surface area contributed by atoms with Gasteiger partial charge in [-0.3, -0.25) is 9.59 Å². The van der Waals surface area contributed by atoms with Crippen molar-refractivity contribution in [2.75, 3.05) is 39.4 Å². The maximum atomic E-state index is 13.5. The van der Waals surface area contributed by atoms with E-state index in [1.807, 2.05) is 57.2 Å². The van der Waals surface area contributed by atoms with Crippen LogP contribution in [-0.2, 0) is 14.3 Å². The van der Waals surface area contributed by atoms with Crippen LogP contribution in [0.1, 0.15) is 43.0 Å². The number of rotatable bonds is 8. The summed E-state index contributed by atoms with van der Waals surface area (Å²) < 4.78 is 11.2. The van der Waals surface area contributed by atoms with E-state index in [9.17, 15) is 14.7 Å². The van der Waals surface area contributed by atoms with Crippen LogP contribution in [0.5, 0.6) is 5.75 Å². The molecule has 0 saturated carbocycles. The van der Waals surface area contributed by atoms with E-state index in [1.54, 1.807) is 17.0 Å². The molecule has 4 rings (SSSR count). The second-order valence-electron chi connectivity index (χ2n) is 9.54. The van der Waals surface area contributed by atoms with Crippen LogP contribution in [0.25, 0.3) is 5.76 Å². The summed E-state index contributed by atoms with van der Waals surface area (Å²) in [4.78, 5) is 29.3. The first-order valence-electron chi connectivity index (χ1n) is 12.4. The Morgan fingerprint density at radius 1 is 1.09 bits per heavy atom. The molecule has 0 spiro atoms. The van der Waals surface area contributed by atoms with Gasteiger partial charge in [-0.1, -0.05) is 47.7 Å². The van der Waals surface area contributed by atoms with Crippen molar-refractivity contribution in [1.29, 1.82) is 0 Å².